The van der Waals surface area contributed by atoms with E-state index >= 15 is 0 Å². The maximum Gasteiger partial charge on any atom is 0.257 e. The predicted octanol–water partition coefficient (Wildman–Crippen LogP) is 4.74. The Bertz CT molecular complexity index is 861. The maximum absolute atomic E-state index is 12.4. The van der Waals surface area contributed by atoms with E-state index in [9.17, 15) is 4.79 Å². The van der Waals surface area contributed by atoms with Crippen LogP contribution in [0.15, 0.2) is 66.7 Å². The lowest BCUT2D eigenvalue weighted by Crippen LogP contribution is -2.14. The second kappa shape index (κ2) is 6.96. The molecule has 2 aromatic carbocycles. The SMILES string of the molecule is Cc1ccc(C(=O)Nc2cccc(Oc3ccccc3)c2)c(C)n1. The van der Waals surface area contributed by atoms with Crippen molar-refractivity contribution < 1.29 is 9.53 Å². The van der Waals surface area contributed by atoms with Crippen LogP contribution < -0.4 is 10.1 Å². The molecule has 1 N–H and O–H groups in total. The number of ether oxygens (including phenoxy) is 1. The molecule has 0 aliphatic heterocycles. The molecule has 0 radical (unpaired) electrons. The summed E-state index contributed by atoms with van der Waals surface area (Å²) >= 11 is 0. The van der Waals surface area contributed by atoms with Crippen LogP contribution in [0.5, 0.6) is 11.5 Å². The molecule has 0 fully saturated rings. The minimum absolute atomic E-state index is 0.183. The van der Waals surface area contributed by atoms with Crippen LogP contribution in [0.25, 0.3) is 0 Å². The standard InChI is InChI=1S/C20H18N2O2/c1-14-11-12-19(15(2)21-14)20(23)22-16-7-6-10-18(13-16)24-17-8-4-3-5-9-17/h3-13H,1-2H3,(H,22,23). The van der Waals surface area contributed by atoms with Crippen molar-refractivity contribution in [2.75, 3.05) is 5.32 Å². The van der Waals surface area contributed by atoms with E-state index in [1.54, 1.807) is 12.1 Å². The summed E-state index contributed by atoms with van der Waals surface area (Å²) in [6, 6.07) is 20.4. The number of rotatable bonds is 4. The zero-order valence-corrected chi connectivity index (χ0v) is 13.6. The quantitative estimate of drug-likeness (QED) is 0.755. The summed E-state index contributed by atoms with van der Waals surface area (Å²) in [5.41, 5.74) is 2.84. The number of hydrogen-bond donors (Lipinski definition) is 1. The lowest BCUT2D eigenvalue weighted by Gasteiger charge is -2.10. The molecule has 0 atom stereocenters. The number of benzene rings is 2. The number of aryl methyl sites for hydroxylation is 2. The number of hydrogen-bond acceptors (Lipinski definition) is 3. The van der Waals surface area contributed by atoms with Gasteiger partial charge in [0, 0.05) is 17.4 Å². The molecule has 0 aliphatic carbocycles. The summed E-state index contributed by atoms with van der Waals surface area (Å²) in [5.74, 6) is 1.23. The second-order valence-electron chi connectivity index (χ2n) is 5.48. The second-order valence-corrected chi connectivity index (χ2v) is 5.48. The highest BCUT2D eigenvalue weighted by Crippen LogP contribution is 2.24. The van der Waals surface area contributed by atoms with Crippen LogP contribution in [0, 0.1) is 13.8 Å². The molecule has 1 aromatic heterocycles. The van der Waals surface area contributed by atoms with Crippen molar-refractivity contribution >= 4 is 11.6 Å². The molecular weight excluding hydrogens is 300 g/mol. The van der Waals surface area contributed by atoms with Gasteiger partial charge < -0.3 is 10.1 Å². The fourth-order valence-electron chi connectivity index (χ4n) is 2.39. The molecule has 1 amide bonds. The molecule has 0 saturated heterocycles. The van der Waals surface area contributed by atoms with Crippen LogP contribution in [0.2, 0.25) is 0 Å². The number of amides is 1. The first-order valence-electron chi connectivity index (χ1n) is 7.70. The number of para-hydroxylation sites is 1. The van der Waals surface area contributed by atoms with Gasteiger partial charge in [0.05, 0.1) is 11.3 Å². The highest BCUT2D eigenvalue weighted by atomic mass is 16.5. The minimum Gasteiger partial charge on any atom is -0.457 e. The Labute approximate surface area is 141 Å². The number of anilines is 1. The van der Waals surface area contributed by atoms with Crippen molar-refractivity contribution in [3.63, 3.8) is 0 Å². The molecule has 0 unspecified atom stereocenters. The fourth-order valence-corrected chi connectivity index (χ4v) is 2.39. The highest BCUT2D eigenvalue weighted by Gasteiger charge is 2.10. The average Bonchev–Trinajstić information content (AvgIpc) is 2.56. The topological polar surface area (TPSA) is 51.2 Å². The number of carbonyl (C=O) groups is 1. The zero-order chi connectivity index (χ0) is 16.9. The van der Waals surface area contributed by atoms with E-state index in [0.29, 0.717) is 22.7 Å². The Morgan fingerprint density at radius 2 is 1.67 bits per heavy atom. The molecule has 0 bridgehead atoms. The fraction of sp³-hybridized carbons (Fsp3) is 0.100. The van der Waals surface area contributed by atoms with Gasteiger partial charge in [0.2, 0.25) is 0 Å². The van der Waals surface area contributed by atoms with Crippen molar-refractivity contribution in [1.29, 1.82) is 0 Å². The van der Waals surface area contributed by atoms with Gasteiger partial charge in [-0.05, 0) is 50.2 Å². The molecule has 3 rings (SSSR count). The van der Waals surface area contributed by atoms with Gasteiger partial charge in [-0.3, -0.25) is 9.78 Å². The number of nitrogens with zero attached hydrogens (tertiary/aromatic N) is 1. The Kier molecular flexibility index (Phi) is 4.57. The molecule has 3 aromatic rings. The third-order valence-corrected chi connectivity index (χ3v) is 3.54. The molecular formula is C20H18N2O2. The van der Waals surface area contributed by atoms with E-state index in [1.165, 1.54) is 0 Å². The van der Waals surface area contributed by atoms with Crippen LogP contribution in [0.3, 0.4) is 0 Å². The molecule has 24 heavy (non-hydrogen) atoms. The summed E-state index contributed by atoms with van der Waals surface area (Å²) < 4.78 is 5.78. The smallest absolute Gasteiger partial charge is 0.257 e. The highest BCUT2D eigenvalue weighted by molar-refractivity contribution is 6.05. The van der Waals surface area contributed by atoms with Gasteiger partial charge in [0.15, 0.2) is 0 Å². The van der Waals surface area contributed by atoms with Gasteiger partial charge in [0.25, 0.3) is 5.91 Å². The normalized spacial score (nSPS) is 10.2. The number of carbonyl (C=O) groups excluding carboxylic acids is 1. The van der Waals surface area contributed by atoms with E-state index in [2.05, 4.69) is 10.3 Å². The minimum atomic E-state index is -0.183. The summed E-state index contributed by atoms with van der Waals surface area (Å²) in [6.45, 7) is 3.73. The number of pyridine rings is 1. The largest absolute Gasteiger partial charge is 0.457 e. The van der Waals surface area contributed by atoms with Crippen molar-refractivity contribution in [3.8, 4) is 11.5 Å². The Morgan fingerprint density at radius 3 is 2.42 bits per heavy atom. The van der Waals surface area contributed by atoms with Crippen LogP contribution >= 0.6 is 0 Å². The van der Waals surface area contributed by atoms with Crippen molar-refractivity contribution in [3.05, 3.63) is 83.7 Å². The first-order valence-corrected chi connectivity index (χ1v) is 7.70. The summed E-state index contributed by atoms with van der Waals surface area (Å²) in [5, 5.41) is 2.89. The van der Waals surface area contributed by atoms with Crippen LogP contribution in [-0.4, -0.2) is 10.9 Å². The molecule has 120 valence electrons. The predicted molar refractivity (Wildman–Crippen MR) is 94.6 cm³/mol. The molecule has 0 spiro atoms. The lowest BCUT2D eigenvalue weighted by atomic mass is 10.1. The average molecular weight is 318 g/mol. The van der Waals surface area contributed by atoms with Crippen molar-refractivity contribution in [1.82, 2.24) is 4.98 Å². The molecule has 4 nitrogen and oxygen atoms in total. The van der Waals surface area contributed by atoms with Gasteiger partial charge in [0.1, 0.15) is 11.5 Å². The number of nitrogens with one attached hydrogen (secondary N) is 1. The van der Waals surface area contributed by atoms with Crippen molar-refractivity contribution in [2.24, 2.45) is 0 Å². The van der Waals surface area contributed by atoms with Crippen molar-refractivity contribution in [2.45, 2.75) is 13.8 Å². The van der Waals surface area contributed by atoms with E-state index in [-0.39, 0.29) is 5.91 Å². The Hall–Kier alpha value is -3.14. The van der Waals surface area contributed by atoms with Gasteiger partial charge >= 0.3 is 0 Å². The lowest BCUT2D eigenvalue weighted by molar-refractivity contribution is 0.102. The first-order chi connectivity index (χ1) is 11.6. The summed E-state index contributed by atoms with van der Waals surface area (Å²) in [6.07, 6.45) is 0. The van der Waals surface area contributed by atoms with Gasteiger partial charge in [-0.25, -0.2) is 0 Å². The van der Waals surface area contributed by atoms with E-state index in [0.717, 1.165) is 11.4 Å². The van der Waals surface area contributed by atoms with E-state index in [1.807, 2.05) is 68.4 Å². The third kappa shape index (κ3) is 3.79. The first kappa shape index (κ1) is 15.7. The maximum atomic E-state index is 12.4. The Morgan fingerprint density at radius 1 is 0.917 bits per heavy atom. The molecule has 1 heterocycles. The van der Waals surface area contributed by atoms with Crippen LogP contribution in [-0.2, 0) is 0 Å². The van der Waals surface area contributed by atoms with E-state index in [4.69, 9.17) is 4.74 Å². The molecule has 0 saturated carbocycles. The molecule has 0 aliphatic rings. The summed E-state index contributed by atoms with van der Waals surface area (Å²) in [7, 11) is 0. The van der Waals surface area contributed by atoms with Gasteiger partial charge in [-0.1, -0.05) is 24.3 Å². The van der Waals surface area contributed by atoms with Crippen LogP contribution in [0.1, 0.15) is 21.7 Å². The zero-order valence-electron chi connectivity index (χ0n) is 13.6. The van der Waals surface area contributed by atoms with Gasteiger partial charge in [-0.2, -0.15) is 0 Å². The number of aromatic nitrogens is 1. The monoisotopic (exact) mass is 318 g/mol. The van der Waals surface area contributed by atoms with Gasteiger partial charge in [-0.15, -0.1) is 0 Å². The Balaban J connectivity index is 1.75. The summed E-state index contributed by atoms with van der Waals surface area (Å²) in [4.78, 5) is 16.7. The van der Waals surface area contributed by atoms with Crippen LogP contribution in [0.4, 0.5) is 5.69 Å². The van der Waals surface area contributed by atoms with E-state index < -0.39 is 0 Å². The molecule has 4 heteroatoms. The third-order valence-electron chi connectivity index (χ3n) is 3.54.